The van der Waals surface area contributed by atoms with Gasteiger partial charge in [0.15, 0.2) is 0 Å². The van der Waals surface area contributed by atoms with Crippen LogP contribution in [0.1, 0.15) is 0 Å². The van der Waals surface area contributed by atoms with Gasteiger partial charge in [-0.05, 0) is 34.7 Å². The summed E-state index contributed by atoms with van der Waals surface area (Å²) in [5.41, 5.74) is 2.42. The molecule has 0 unspecified atom stereocenters. The molecule has 1 heterocycles. The number of hydrogen-bond donors (Lipinski definition) is 0. The lowest BCUT2D eigenvalue weighted by Crippen LogP contribution is -1.76. The summed E-state index contributed by atoms with van der Waals surface area (Å²) < 4.78 is 2.19. The van der Waals surface area contributed by atoms with Gasteiger partial charge >= 0.3 is 0 Å². The van der Waals surface area contributed by atoms with Gasteiger partial charge in [0.2, 0.25) is 0 Å². The van der Waals surface area contributed by atoms with Gasteiger partial charge in [-0.2, -0.15) is 0 Å². The third kappa shape index (κ3) is 2.03. The van der Waals surface area contributed by atoms with Gasteiger partial charge in [0, 0.05) is 14.3 Å². The maximum absolute atomic E-state index is 3.53. The van der Waals surface area contributed by atoms with Gasteiger partial charge < -0.3 is 0 Å². The largest absolute Gasteiger partial charge is 0.142 e. The zero-order valence-corrected chi connectivity index (χ0v) is 10.5. The molecule has 65 valence electrons. The van der Waals surface area contributed by atoms with E-state index >= 15 is 0 Å². The van der Waals surface area contributed by atoms with E-state index in [1.807, 2.05) is 18.2 Å². The molecular weight excluding hydrogens is 312 g/mol. The molecule has 0 aliphatic carbocycles. The Bertz CT molecular complexity index is 407. The zero-order chi connectivity index (χ0) is 9.26. The molecule has 0 aliphatic rings. The Morgan fingerprint density at radius 3 is 2.69 bits per heavy atom. The molecule has 0 nitrogen and oxygen atoms in total. The molecule has 1 aromatic heterocycles. The third-order valence-electron chi connectivity index (χ3n) is 1.71. The highest BCUT2D eigenvalue weighted by molar-refractivity contribution is 9.11. The van der Waals surface area contributed by atoms with E-state index in [1.54, 1.807) is 11.3 Å². The normalized spacial score (nSPS) is 10.3. The minimum absolute atomic E-state index is 1.09. The van der Waals surface area contributed by atoms with E-state index in [9.17, 15) is 0 Å². The van der Waals surface area contributed by atoms with E-state index in [2.05, 4.69) is 48.7 Å². The zero-order valence-electron chi connectivity index (χ0n) is 6.55. The number of thiophene rings is 1. The van der Waals surface area contributed by atoms with Crippen LogP contribution >= 0.6 is 43.2 Å². The maximum atomic E-state index is 3.53. The van der Waals surface area contributed by atoms with Crippen LogP contribution in [0, 0.1) is 5.38 Å². The van der Waals surface area contributed by atoms with Crippen LogP contribution in [-0.2, 0) is 0 Å². The summed E-state index contributed by atoms with van der Waals surface area (Å²) in [6.45, 7) is 0. The van der Waals surface area contributed by atoms with Gasteiger partial charge in [0.1, 0.15) is 0 Å². The number of rotatable bonds is 1. The second-order valence-corrected chi connectivity index (χ2v) is 5.05. The second kappa shape index (κ2) is 3.95. The van der Waals surface area contributed by atoms with Crippen LogP contribution in [0.5, 0.6) is 0 Å². The highest BCUT2D eigenvalue weighted by Gasteiger charge is 2.03. The minimum Gasteiger partial charge on any atom is -0.142 e. The molecule has 0 fully saturated rings. The SMILES string of the molecule is Brc1ccc(-c2c[c]sc2)c(Br)c1. The van der Waals surface area contributed by atoms with Crippen molar-refractivity contribution in [3.63, 3.8) is 0 Å². The molecule has 0 atom stereocenters. The molecule has 0 saturated heterocycles. The molecule has 0 bridgehead atoms. The van der Waals surface area contributed by atoms with E-state index in [0.717, 1.165) is 8.95 Å². The van der Waals surface area contributed by atoms with Gasteiger partial charge in [0.25, 0.3) is 0 Å². The van der Waals surface area contributed by atoms with E-state index in [4.69, 9.17) is 0 Å². The molecule has 1 aromatic carbocycles. The van der Waals surface area contributed by atoms with Crippen LogP contribution in [0.2, 0.25) is 0 Å². The Balaban J connectivity index is 2.53. The van der Waals surface area contributed by atoms with Crippen molar-refractivity contribution in [3.8, 4) is 11.1 Å². The summed E-state index contributed by atoms with van der Waals surface area (Å²) in [5, 5.41) is 5.17. The molecule has 1 radical (unpaired) electrons. The Morgan fingerprint density at radius 2 is 2.08 bits per heavy atom. The summed E-state index contributed by atoms with van der Waals surface area (Å²) in [4.78, 5) is 0. The van der Waals surface area contributed by atoms with Crippen LogP contribution < -0.4 is 0 Å². The van der Waals surface area contributed by atoms with Crippen LogP contribution in [0.3, 0.4) is 0 Å². The van der Waals surface area contributed by atoms with Gasteiger partial charge in [-0.1, -0.05) is 37.9 Å². The lowest BCUT2D eigenvalue weighted by atomic mass is 10.1. The molecule has 0 amide bonds. The number of hydrogen-bond acceptors (Lipinski definition) is 1. The molecule has 0 aliphatic heterocycles. The lowest BCUT2D eigenvalue weighted by Gasteiger charge is -2.01. The van der Waals surface area contributed by atoms with Gasteiger partial charge in [-0.3, -0.25) is 0 Å². The molecule has 2 aromatic rings. The Morgan fingerprint density at radius 1 is 1.23 bits per heavy atom. The van der Waals surface area contributed by atoms with Gasteiger partial charge in [-0.15, -0.1) is 11.3 Å². The van der Waals surface area contributed by atoms with Crippen molar-refractivity contribution in [1.29, 1.82) is 0 Å². The summed E-state index contributed by atoms with van der Waals surface area (Å²) in [6, 6.07) is 8.17. The van der Waals surface area contributed by atoms with Crippen molar-refractivity contribution in [2.45, 2.75) is 0 Å². The molecule has 0 saturated carbocycles. The summed E-state index contributed by atoms with van der Waals surface area (Å²) in [6.07, 6.45) is 0. The second-order valence-electron chi connectivity index (χ2n) is 2.58. The standard InChI is InChI=1S/C10H5Br2S/c11-8-1-2-9(10(12)5-8)7-3-4-13-6-7/h1-3,5-6H. The highest BCUT2D eigenvalue weighted by atomic mass is 79.9. The smallest absolute Gasteiger partial charge is 0.0449 e. The average Bonchev–Trinajstić information content (AvgIpc) is 2.56. The molecule has 0 spiro atoms. The van der Waals surface area contributed by atoms with Gasteiger partial charge in [0.05, 0.1) is 0 Å². The van der Waals surface area contributed by atoms with Crippen molar-refractivity contribution in [1.82, 2.24) is 0 Å². The Kier molecular flexibility index (Phi) is 2.86. The molecule has 2 rings (SSSR count). The Labute approximate surface area is 97.9 Å². The van der Waals surface area contributed by atoms with Crippen LogP contribution in [0.25, 0.3) is 11.1 Å². The van der Waals surface area contributed by atoms with Crippen molar-refractivity contribution in [2.24, 2.45) is 0 Å². The molecule has 0 N–H and O–H groups in total. The highest BCUT2D eigenvalue weighted by Crippen LogP contribution is 2.31. The first-order valence-corrected chi connectivity index (χ1v) is 6.14. The van der Waals surface area contributed by atoms with E-state index < -0.39 is 0 Å². The monoisotopic (exact) mass is 315 g/mol. The molecule has 13 heavy (non-hydrogen) atoms. The van der Waals surface area contributed by atoms with Crippen LogP contribution in [0.4, 0.5) is 0 Å². The lowest BCUT2D eigenvalue weighted by molar-refractivity contribution is 1.58. The fourth-order valence-corrected chi connectivity index (χ4v) is 2.95. The quantitative estimate of drug-likeness (QED) is 0.713. The predicted molar refractivity (Wildman–Crippen MR) is 64.0 cm³/mol. The average molecular weight is 317 g/mol. The number of benzene rings is 1. The van der Waals surface area contributed by atoms with Crippen molar-refractivity contribution in [3.05, 3.63) is 44.0 Å². The summed E-state index contributed by atoms with van der Waals surface area (Å²) in [7, 11) is 0. The predicted octanol–water partition coefficient (Wildman–Crippen LogP) is 4.74. The maximum Gasteiger partial charge on any atom is 0.0449 e. The first-order chi connectivity index (χ1) is 6.27. The topological polar surface area (TPSA) is 0 Å². The van der Waals surface area contributed by atoms with Crippen molar-refractivity contribution in [2.75, 3.05) is 0 Å². The van der Waals surface area contributed by atoms with E-state index in [1.165, 1.54) is 11.1 Å². The van der Waals surface area contributed by atoms with Crippen LogP contribution in [-0.4, -0.2) is 0 Å². The summed E-state index contributed by atoms with van der Waals surface area (Å²) in [5.74, 6) is 0. The van der Waals surface area contributed by atoms with Crippen LogP contribution in [0.15, 0.2) is 38.6 Å². The van der Waals surface area contributed by atoms with E-state index in [0.29, 0.717) is 0 Å². The van der Waals surface area contributed by atoms with Crippen molar-refractivity contribution >= 4 is 43.2 Å². The number of halogens is 2. The fraction of sp³-hybridized carbons (Fsp3) is 0. The minimum atomic E-state index is 1.09. The van der Waals surface area contributed by atoms with E-state index in [-0.39, 0.29) is 0 Å². The van der Waals surface area contributed by atoms with Gasteiger partial charge in [-0.25, -0.2) is 0 Å². The van der Waals surface area contributed by atoms with Crippen molar-refractivity contribution < 1.29 is 0 Å². The first kappa shape index (κ1) is 9.44. The molecular formula is C10H5Br2S. The molecule has 3 heteroatoms. The first-order valence-electron chi connectivity index (χ1n) is 3.67. The Hall–Kier alpha value is -0.120. The summed E-state index contributed by atoms with van der Waals surface area (Å²) >= 11 is 8.54. The fourth-order valence-electron chi connectivity index (χ4n) is 1.09. The third-order valence-corrected chi connectivity index (χ3v) is 3.49.